The number of hydrogen-bond acceptors (Lipinski definition) is 5. The number of urea groups is 1. The van der Waals surface area contributed by atoms with Gasteiger partial charge in [-0.05, 0) is 32.4 Å². The number of nitrogens with zero attached hydrogens (tertiary/aromatic N) is 3. The number of rotatable bonds is 7. The van der Waals surface area contributed by atoms with Gasteiger partial charge in [0.15, 0.2) is 0 Å². The molecule has 0 bridgehead atoms. The van der Waals surface area contributed by atoms with Gasteiger partial charge in [0.05, 0.1) is 12.6 Å². The fraction of sp³-hybridized carbons (Fsp3) is 0.478. The number of nitrogens with one attached hydrogen (secondary N) is 4. The molecule has 10 nitrogen and oxygen atoms in total. The summed E-state index contributed by atoms with van der Waals surface area (Å²) in [5.74, 6) is 0.508. The van der Waals surface area contributed by atoms with E-state index >= 15 is 0 Å². The van der Waals surface area contributed by atoms with Gasteiger partial charge in [-0.25, -0.2) is 9.78 Å². The molecule has 176 valence electrons. The number of amides is 4. The summed E-state index contributed by atoms with van der Waals surface area (Å²) >= 11 is 0. The molecule has 4 N–H and O–H groups in total. The lowest BCUT2D eigenvalue weighted by Crippen LogP contribution is -2.62. The normalized spacial score (nSPS) is 22.8. The molecule has 0 aliphatic carbocycles. The second-order valence-electron chi connectivity index (χ2n) is 8.91. The third-order valence-corrected chi connectivity index (χ3v) is 6.02. The van der Waals surface area contributed by atoms with E-state index < -0.39 is 6.04 Å². The lowest BCUT2D eigenvalue weighted by molar-refractivity contribution is -0.144. The van der Waals surface area contributed by atoms with Gasteiger partial charge >= 0.3 is 6.03 Å². The smallest absolute Gasteiger partial charge is 0.315 e. The summed E-state index contributed by atoms with van der Waals surface area (Å²) in [5.41, 5.74) is 0.554. The molecule has 3 heterocycles. The van der Waals surface area contributed by atoms with Crippen LogP contribution in [0.15, 0.2) is 42.7 Å². The zero-order valence-electron chi connectivity index (χ0n) is 19.0. The maximum absolute atomic E-state index is 13.5. The Morgan fingerprint density at radius 1 is 1.21 bits per heavy atom. The number of hydrogen-bond donors (Lipinski definition) is 4. The van der Waals surface area contributed by atoms with E-state index in [1.807, 2.05) is 24.8 Å². The first kappa shape index (κ1) is 22.8. The van der Waals surface area contributed by atoms with Crippen LogP contribution in [0.2, 0.25) is 0 Å². The monoisotopic (exact) mass is 453 g/mol. The van der Waals surface area contributed by atoms with Gasteiger partial charge in [0.2, 0.25) is 5.91 Å². The Balaban J connectivity index is 1.45. The highest BCUT2D eigenvalue weighted by atomic mass is 16.2. The van der Waals surface area contributed by atoms with Crippen LogP contribution in [0.1, 0.15) is 36.5 Å². The van der Waals surface area contributed by atoms with Crippen molar-refractivity contribution in [2.45, 2.75) is 51.0 Å². The standard InChI is InChI=1S/C23H31N7O3/c1-15(2)27-23(33)28-17-10-18-13-29(14-20-24-8-9-25-20)19(22(32)30(18)12-17)11-26-21(31)16-6-4-3-5-7-16/h3-9,15,17-19H,10-14H2,1-2H3,(H,24,25)(H,26,31)(H2,27,28,33)/t17-,18-,19-/m0/s1. The van der Waals surface area contributed by atoms with Crippen molar-refractivity contribution < 1.29 is 14.4 Å². The summed E-state index contributed by atoms with van der Waals surface area (Å²) in [6.45, 7) is 5.59. The van der Waals surface area contributed by atoms with E-state index in [4.69, 9.17) is 0 Å². The van der Waals surface area contributed by atoms with Gasteiger partial charge in [0.1, 0.15) is 11.9 Å². The molecular weight excluding hydrogens is 422 g/mol. The average molecular weight is 454 g/mol. The number of fused-ring (bicyclic) bond motifs is 1. The molecule has 1 aromatic heterocycles. The molecule has 2 aliphatic rings. The van der Waals surface area contributed by atoms with E-state index in [1.165, 1.54) is 0 Å². The minimum Gasteiger partial charge on any atom is -0.350 e. The Hall–Kier alpha value is -3.40. The number of benzene rings is 1. The molecular formula is C23H31N7O3. The second-order valence-corrected chi connectivity index (χ2v) is 8.91. The highest BCUT2D eigenvalue weighted by Gasteiger charge is 2.45. The van der Waals surface area contributed by atoms with Crippen molar-refractivity contribution in [1.82, 2.24) is 35.7 Å². The lowest BCUT2D eigenvalue weighted by atomic mass is 10.0. The summed E-state index contributed by atoms with van der Waals surface area (Å²) in [4.78, 5) is 49.5. The molecule has 0 spiro atoms. The number of piperazine rings is 1. The minimum atomic E-state index is -0.512. The number of carbonyl (C=O) groups excluding carboxylic acids is 3. The molecule has 4 amide bonds. The largest absolute Gasteiger partial charge is 0.350 e. The summed E-state index contributed by atoms with van der Waals surface area (Å²) < 4.78 is 0. The van der Waals surface area contributed by atoms with Crippen LogP contribution in [0.5, 0.6) is 0 Å². The van der Waals surface area contributed by atoms with Crippen LogP contribution in [0.4, 0.5) is 4.79 Å². The number of aromatic nitrogens is 2. The van der Waals surface area contributed by atoms with Crippen molar-refractivity contribution in [3.8, 4) is 0 Å². The molecule has 33 heavy (non-hydrogen) atoms. The molecule has 2 aliphatic heterocycles. The van der Waals surface area contributed by atoms with Crippen LogP contribution in [0.25, 0.3) is 0 Å². The van der Waals surface area contributed by atoms with Crippen molar-refractivity contribution in [2.24, 2.45) is 0 Å². The van der Waals surface area contributed by atoms with Crippen molar-refractivity contribution in [1.29, 1.82) is 0 Å². The van der Waals surface area contributed by atoms with Gasteiger partial charge in [-0.3, -0.25) is 14.5 Å². The molecule has 10 heteroatoms. The molecule has 0 radical (unpaired) electrons. The highest BCUT2D eigenvalue weighted by Crippen LogP contribution is 2.27. The number of H-pyrrole nitrogens is 1. The van der Waals surface area contributed by atoms with E-state index in [0.29, 0.717) is 31.6 Å². The summed E-state index contributed by atoms with van der Waals surface area (Å²) in [6, 6.07) is 8.15. The maximum atomic E-state index is 13.5. The number of imidazole rings is 1. The van der Waals surface area contributed by atoms with Crippen LogP contribution < -0.4 is 16.0 Å². The van der Waals surface area contributed by atoms with E-state index in [9.17, 15) is 14.4 Å². The number of carbonyl (C=O) groups is 3. The van der Waals surface area contributed by atoms with Crippen molar-refractivity contribution in [3.63, 3.8) is 0 Å². The first-order valence-corrected chi connectivity index (χ1v) is 11.3. The van der Waals surface area contributed by atoms with Gasteiger partial charge < -0.3 is 25.8 Å². The van der Waals surface area contributed by atoms with Gasteiger partial charge in [0, 0.05) is 49.7 Å². The average Bonchev–Trinajstić information content (AvgIpc) is 3.43. The summed E-state index contributed by atoms with van der Waals surface area (Å²) in [5, 5.41) is 8.73. The Morgan fingerprint density at radius 2 is 2.00 bits per heavy atom. The quantitative estimate of drug-likeness (QED) is 0.492. The molecule has 4 rings (SSSR count). The first-order valence-electron chi connectivity index (χ1n) is 11.3. The van der Waals surface area contributed by atoms with Crippen LogP contribution in [-0.4, -0.2) is 81.4 Å². The van der Waals surface area contributed by atoms with Crippen LogP contribution in [0.3, 0.4) is 0 Å². The zero-order valence-corrected chi connectivity index (χ0v) is 19.0. The molecule has 2 fully saturated rings. The van der Waals surface area contributed by atoms with E-state index in [0.717, 1.165) is 5.82 Å². The highest BCUT2D eigenvalue weighted by molar-refractivity contribution is 5.94. The number of aromatic amines is 1. The Bertz CT molecular complexity index is 964. The SMILES string of the molecule is CC(C)NC(=O)N[C@H]1C[C@H]2CN(Cc3ncc[nH]3)[C@@H](CNC(=O)c3ccccc3)C(=O)N2C1. The Morgan fingerprint density at radius 3 is 2.70 bits per heavy atom. The molecule has 2 aromatic rings. The van der Waals surface area contributed by atoms with E-state index in [1.54, 1.807) is 36.7 Å². The summed E-state index contributed by atoms with van der Waals surface area (Å²) in [7, 11) is 0. The maximum Gasteiger partial charge on any atom is 0.315 e. The fourth-order valence-corrected chi connectivity index (χ4v) is 4.55. The minimum absolute atomic E-state index is 0.00196. The molecule has 3 atom stereocenters. The predicted octanol–water partition coefficient (Wildman–Crippen LogP) is 0.701. The Kier molecular flexibility index (Phi) is 6.93. The van der Waals surface area contributed by atoms with Gasteiger partial charge in [-0.15, -0.1) is 0 Å². The van der Waals surface area contributed by atoms with E-state index in [2.05, 4.69) is 30.8 Å². The first-order chi connectivity index (χ1) is 15.9. The van der Waals surface area contributed by atoms with Gasteiger partial charge in [0.25, 0.3) is 5.91 Å². The van der Waals surface area contributed by atoms with Crippen molar-refractivity contribution >= 4 is 17.8 Å². The fourth-order valence-electron chi connectivity index (χ4n) is 4.55. The molecule has 0 saturated carbocycles. The third kappa shape index (κ3) is 5.51. The van der Waals surface area contributed by atoms with Crippen LogP contribution in [-0.2, 0) is 11.3 Å². The van der Waals surface area contributed by atoms with Crippen LogP contribution >= 0.6 is 0 Å². The third-order valence-electron chi connectivity index (χ3n) is 6.02. The van der Waals surface area contributed by atoms with Crippen molar-refractivity contribution in [3.05, 3.63) is 54.1 Å². The second kappa shape index (κ2) is 10.0. The van der Waals surface area contributed by atoms with Crippen molar-refractivity contribution in [2.75, 3.05) is 19.6 Å². The Labute approximate surface area is 193 Å². The lowest BCUT2D eigenvalue weighted by Gasteiger charge is -2.42. The van der Waals surface area contributed by atoms with Gasteiger partial charge in [-0.1, -0.05) is 18.2 Å². The summed E-state index contributed by atoms with van der Waals surface area (Å²) in [6.07, 6.45) is 4.12. The predicted molar refractivity (Wildman–Crippen MR) is 122 cm³/mol. The zero-order chi connectivity index (χ0) is 23.4. The van der Waals surface area contributed by atoms with Crippen LogP contribution in [0, 0.1) is 0 Å². The van der Waals surface area contributed by atoms with E-state index in [-0.39, 0.29) is 42.5 Å². The molecule has 2 saturated heterocycles. The molecule has 1 aromatic carbocycles. The topological polar surface area (TPSA) is 122 Å². The molecule has 0 unspecified atom stereocenters. The van der Waals surface area contributed by atoms with Gasteiger partial charge in [-0.2, -0.15) is 0 Å².